The molecule has 334 valence electrons. The fourth-order valence-corrected chi connectivity index (χ4v) is 8.00. The lowest BCUT2D eigenvalue weighted by atomic mass is 9.96. The van der Waals surface area contributed by atoms with Gasteiger partial charge in [-0.25, -0.2) is 8.93 Å². The van der Waals surface area contributed by atoms with Crippen LogP contribution in [0.1, 0.15) is 82.6 Å². The number of hydrogen-bond acceptors (Lipinski definition) is 8. The fourth-order valence-electron chi connectivity index (χ4n) is 6.88. The minimum absolute atomic E-state index is 0.0423. The summed E-state index contributed by atoms with van der Waals surface area (Å²) in [6.07, 6.45) is 7.85. The van der Waals surface area contributed by atoms with Gasteiger partial charge < -0.3 is 27.0 Å². The summed E-state index contributed by atoms with van der Waals surface area (Å²) in [5.41, 5.74) is 8.88. The molecule has 0 aromatic heterocycles. The molecule has 1 fully saturated rings. The third-order valence-electron chi connectivity index (χ3n) is 11.0. The Hall–Kier alpha value is -5.48. The van der Waals surface area contributed by atoms with E-state index < -0.39 is 34.0 Å². The van der Waals surface area contributed by atoms with E-state index in [1.165, 1.54) is 0 Å². The molecule has 2 atom stereocenters. The van der Waals surface area contributed by atoms with Crippen molar-refractivity contribution in [3.05, 3.63) is 125 Å². The predicted octanol–water partition coefficient (Wildman–Crippen LogP) is 4.78. The van der Waals surface area contributed by atoms with E-state index in [1.807, 2.05) is 114 Å². The number of rotatable bonds is 22. The Balaban J connectivity index is 1.28. The zero-order valence-corrected chi connectivity index (χ0v) is 37.8. The molecule has 2 unspecified atom stereocenters. The second-order valence-electron chi connectivity index (χ2n) is 16.5. The zero-order valence-electron chi connectivity index (χ0n) is 37.0. The van der Waals surface area contributed by atoms with Crippen molar-refractivity contribution >= 4 is 46.1 Å². The third-order valence-corrected chi connectivity index (χ3v) is 12.2. The molecule has 4 rings (SSSR count). The number of carbonyl (C=O) groups excluding carboxylic acids is 4. The van der Waals surface area contributed by atoms with E-state index in [4.69, 9.17) is 11.1 Å². The molecular weight excluding hydrogens is 803 g/mol. The van der Waals surface area contributed by atoms with Crippen molar-refractivity contribution in [3.8, 4) is 0 Å². The second kappa shape index (κ2) is 23.7. The molecule has 3 aromatic rings. The highest BCUT2D eigenvalue weighted by Crippen LogP contribution is 2.24. The maximum Gasteiger partial charge on any atom is 0.244 e. The van der Waals surface area contributed by atoms with Crippen LogP contribution in [0.15, 0.2) is 103 Å². The van der Waals surface area contributed by atoms with Crippen molar-refractivity contribution in [1.82, 2.24) is 30.5 Å². The van der Waals surface area contributed by atoms with E-state index in [-0.39, 0.29) is 42.4 Å². The molecule has 0 saturated carbocycles. The van der Waals surface area contributed by atoms with Gasteiger partial charge in [-0.2, -0.15) is 0 Å². The number of nitrogens with one attached hydrogen (secondary N) is 6. The Morgan fingerprint density at radius 1 is 0.823 bits per heavy atom. The maximum absolute atomic E-state index is 13.8. The molecule has 0 aliphatic carbocycles. The van der Waals surface area contributed by atoms with E-state index >= 15 is 0 Å². The van der Waals surface area contributed by atoms with E-state index in [2.05, 4.69) is 35.8 Å². The first-order chi connectivity index (χ1) is 29.5. The Labute approximate surface area is 369 Å². The summed E-state index contributed by atoms with van der Waals surface area (Å²) in [7, 11) is -1.56. The average Bonchev–Trinajstić information content (AvgIpc) is 3.25. The Kier molecular flexibility index (Phi) is 18.8. The maximum atomic E-state index is 13.8. The molecule has 62 heavy (non-hydrogen) atoms. The summed E-state index contributed by atoms with van der Waals surface area (Å²) in [5, 5.41) is 19.2. The number of amidine groups is 1. The first-order valence-corrected chi connectivity index (χ1v) is 22.5. The number of carbonyl (C=O) groups is 4. The molecule has 8 N–H and O–H groups in total. The van der Waals surface area contributed by atoms with Gasteiger partial charge in [0, 0.05) is 56.1 Å². The first kappa shape index (κ1) is 49.2. The fraction of sp³-hybridized carbons (Fsp3) is 0.426. The number of allylic oxidation sites excluding steroid dienone is 3. The van der Waals surface area contributed by atoms with Gasteiger partial charge in [0.15, 0.2) is 0 Å². The standard InChI is InChI=1S/C47H65N9O5S/c1-7-14-38(52-44(59)46(3,4)55-27-29-56(30-28-55)47(5,6)45(60)53-39-25-19-34(2)20-26-39)17-12-9-13-18-40(54-62(61)33-36-15-10-8-11-16-36)43(58)51-32-41(57)50-31-35-21-23-37(24-22-35)42(48)49/h8-12,14-16,19-26,40,54H,7,13,17-18,27-33H2,1-6H3,(H3,48,49)(H,50,57)(H,51,58)(H,52,59)(H,53,60)/b12-9-,38-14+. The number of aryl methyl sites for hydroxylation is 1. The summed E-state index contributed by atoms with van der Waals surface area (Å²) < 4.78 is 16.1. The van der Waals surface area contributed by atoms with Gasteiger partial charge in [0.1, 0.15) is 5.84 Å². The lowest BCUT2D eigenvalue weighted by molar-refractivity contribution is -0.135. The number of piperazine rings is 1. The van der Waals surface area contributed by atoms with Crippen molar-refractivity contribution < 1.29 is 23.4 Å². The van der Waals surface area contributed by atoms with Crippen molar-refractivity contribution in [2.45, 2.75) is 96.6 Å². The van der Waals surface area contributed by atoms with Crippen molar-refractivity contribution in [2.24, 2.45) is 5.73 Å². The van der Waals surface area contributed by atoms with Gasteiger partial charge in [0.2, 0.25) is 23.6 Å². The van der Waals surface area contributed by atoms with Gasteiger partial charge >= 0.3 is 0 Å². The van der Waals surface area contributed by atoms with Gasteiger partial charge in [0.25, 0.3) is 0 Å². The second-order valence-corrected chi connectivity index (χ2v) is 17.7. The third kappa shape index (κ3) is 15.2. The molecular formula is C47H65N9O5S. The minimum Gasteiger partial charge on any atom is -0.384 e. The quantitative estimate of drug-likeness (QED) is 0.0425. The number of benzene rings is 3. The molecule has 3 aromatic carbocycles. The average molecular weight is 868 g/mol. The molecule has 1 saturated heterocycles. The van der Waals surface area contributed by atoms with Crippen LogP contribution in [0.2, 0.25) is 0 Å². The van der Waals surface area contributed by atoms with Crippen LogP contribution in [0.25, 0.3) is 0 Å². The number of nitrogen functional groups attached to an aromatic ring is 1. The van der Waals surface area contributed by atoms with Crippen LogP contribution in [0, 0.1) is 12.3 Å². The van der Waals surface area contributed by atoms with Crippen molar-refractivity contribution in [3.63, 3.8) is 0 Å². The summed E-state index contributed by atoms with van der Waals surface area (Å²) in [5.74, 6) is -0.856. The molecule has 1 aliphatic heterocycles. The van der Waals surface area contributed by atoms with E-state index in [0.29, 0.717) is 51.0 Å². The normalized spacial score (nSPS) is 15.1. The van der Waals surface area contributed by atoms with E-state index in [0.717, 1.165) is 34.5 Å². The highest BCUT2D eigenvalue weighted by atomic mass is 32.2. The van der Waals surface area contributed by atoms with Gasteiger partial charge in [-0.05, 0) is 77.1 Å². The van der Waals surface area contributed by atoms with Crippen LogP contribution in [0.3, 0.4) is 0 Å². The van der Waals surface area contributed by atoms with Crippen LogP contribution < -0.4 is 31.7 Å². The topological polar surface area (TPSA) is 202 Å². The summed E-state index contributed by atoms with van der Waals surface area (Å²) >= 11 is 0. The van der Waals surface area contributed by atoms with Crippen LogP contribution in [0.4, 0.5) is 5.69 Å². The lowest BCUT2D eigenvalue weighted by Gasteiger charge is -2.47. The highest BCUT2D eigenvalue weighted by molar-refractivity contribution is 7.82. The van der Waals surface area contributed by atoms with Crippen LogP contribution in [0.5, 0.6) is 0 Å². The highest BCUT2D eigenvalue weighted by Gasteiger charge is 2.41. The van der Waals surface area contributed by atoms with Crippen LogP contribution >= 0.6 is 0 Å². The Morgan fingerprint density at radius 2 is 1.44 bits per heavy atom. The van der Waals surface area contributed by atoms with Gasteiger partial charge in [0.05, 0.1) is 40.4 Å². The van der Waals surface area contributed by atoms with E-state index in [1.54, 1.807) is 24.3 Å². The van der Waals surface area contributed by atoms with Crippen molar-refractivity contribution in [2.75, 3.05) is 38.0 Å². The Morgan fingerprint density at radius 3 is 2.03 bits per heavy atom. The molecule has 15 heteroatoms. The van der Waals surface area contributed by atoms with Crippen LogP contribution in [-0.2, 0) is 42.5 Å². The summed E-state index contributed by atoms with van der Waals surface area (Å²) in [4.78, 5) is 57.4. The number of hydrogen-bond donors (Lipinski definition) is 7. The molecule has 0 radical (unpaired) electrons. The smallest absolute Gasteiger partial charge is 0.244 e. The minimum atomic E-state index is -1.56. The SMILES string of the molecule is CC/C=C(\C/C=C\CCC(NS(=O)Cc1ccccc1)C(=O)NCC(=O)NCc1ccc(C(=N)N)cc1)NC(=O)C(C)(C)N1CCN(C(C)(C)C(=O)Nc2ccc(C)cc2)CC1. The lowest BCUT2D eigenvalue weighted by Crippen LogP contribution is -2.64. The van der Waals surface area contributed by atoms with Gasteiger partial charge in [-0.1, -0.05) is 97.4 Å². The monoisotopic (exact) mass is 867 g/mol. The molecule has 1 heterocycles. The first-order valence-electron chi connectivity index (χ1n) is 21.2. The summed E-state index contributed by atoms with van der Waals surface area (Å²) in [6, 6.07) is 23.2. The number of nitrogens with zero attached hydrogens (tertiary/aromatic N) is 2. The number of nitrogens with two attached hydrogens (primary N) is 1. The predicted molar refractivity (Wildman–Crippen MR) is 248 cm³/mol. The van der Waals surface area contributed by atoms with Gasteiger partial charge in [-0.3, -0.25) is 34.4 Å². The molecule has 4 amide bonds. The molecule has 0 spiro atoms. The van der Waals surface area contributed by atoms with E-state index in [9.17, 15) is 23.4 Å². The Bertz CT molecular complexity index is 2060. The molecule has 0 bridgehead atoms. The van der Waals surface area contributed by atoms with Crippen molar-refractivity contribution in [1.29, 1.82) is 5.41 Å². The zero-order chi connectivity index (χ0) is 45.3. The van der Waals surface area contributed by atoms with Gasteiger partial charge in [-0.15, -0.1) is 0 Å². The number of anilines is 1. The summed E-state index contributed by atoms with van der Waals surface area (Å²) in [6.45, 7) is 14.2. The molecule has 1 aliphatic rings. The largest absolute Gasteiger partial charge is 0.384 e. The molecule has 14 nitrogen and oxygen atoms in total. The van der Waals surface area contributed by atoms with Crippen LogP contribution in [-0.4, -0.2) is 93.3 Å². The number of amides is 4.